The van der Waals surface area contributed by atoms with Gasteiger partial charge in [0.05, 0.1) is 16.8 Å². The molecule has 0 spiro atoms. The van der Waals surface area contributed by atoms with Crippen LogP contribution in [0.15, 0.2) is 36.7 Å². The van der Waals surface area contributed by atoms with Crippen molar-refractivity contribution in [2.75, 3.05) is 0 Å². The van der Waals surface area contributed by atoms with E-state index in [4.69, 9.17) is 34.3 Å². The third kappa shape index (κ3) is 2.75. The molecule has 0 unspecified atom stereocenters. The maximum atomic E-state index is 12.9. The van der Waals surface area contributed by atoms with E-state index in [1.165, 1.54) is 18.3 Å². The Morgan fingerprint density at radius 2 is 2.11 bits per heavy atom. The Morgan fingerprint density at radius 3 is 2.78 bits per heavy atom. The number of nitrogens with zero attached hydrogens (tertiary/aromatic N) is 1. The second-order valence-electron chi connectivity index (χ2n) is 3.41. The summed E-state index contributed by atoms with van der Waals surface area (Å²) in [5, 5.41) is 0.160. The molecule has 0 bridgehead atoms. The Kier molecular flexibility index (Phi) is 3.74. The third-order valence-corrected chi connectivity index (χ3v) is 2.68. The minimum Gasteiger partial charge on any atom is -0.453 e. The highest BCUT2D eigenvalue weighted by molar-refractivity contribution is 7.80. The molecule has 3 nitrogen and oxygen atoms in total. The van der Waals surface area contributed by atoms with E-state index in [1.807, 2.05) is 0 Å². The summed E-state index contributed by atoms with van der Waals surface area (Å²) in [5.74, 6) is 0.246. The summed E-state index contributed by atoms with van der Waals surface area (Å²) >= 11 is 10.8. The molecule has 1 aromatic carbocycles. The van der Waals surface area contributed by atoms with Crippen LogP contribution in [-0.4, -0.2) is 9.97 Å². The minimum atomic E-state index is -0.437. The zero-order chi connectivity index (χ0) is 13.1. The van der Waals surface area contributed by atoms with Gasteiger partial charge in [-0.3, -0.25) is 4.98 Å². The molecule has 2 aromatic rings. The summed E-state index contributed by atoms with van der Waals surface area (Å²) in [6.07, 6.45) is 3.02. The van der Waals surface area contributed by atoms with Gasteiger partial charge in [-0.15, -0.1) is 0 Å². The van der Waals surface area contributed by atoms with E-state index >= 15 is 0 Å². The van der Waals surface area contributed by atoms with Gasteiger partial charge < -0.3 is 10.5 Å². The van der Waals surface area contributed by atoms with E-state index in [0.717, 1.165) is 6.07 Å². The van der Waals surface area contributed by atoms with E-state index in [9.17, 15) is 4.39 Å². The molecular weight excluding hydrogens is 275 g/mol. The number of nitrogens with two attached hydrogens (primary N) is 1. The van der Waals surface area contributed by atoms with Crippen molar-refractivity contribution >= 4 is 28.8 Å². The fraction of sp³-hybridized carbons (Fsp3) is 0. The molecular formula is C12H8ClFN2OS. The molecule has 0 aliphatic carbocycles. The second-order valence-corrected chi connectivity index (χ2v) is 4.26. The molecule has 2 N–H and O–H groups in total. The largest absolute Gasteiger partial charge is 0.453 e. The summed E-state index contributed by atoms with van der Waals surface area (Å²) in [5.41, 5.74) is 6.10. The van der Waals surface area contributed by atoms with Crippen LogP contribution in [0.25, 0.3) is 0 Å². The Hall–Kier alpha value is -1.72. The van der Waals surface area contributed by atoms with E-state index in [2.05, 4.69) is 4.98 Å². The summed E-state index contributed by atoms with van der Waals surface area (Å²) < 4.78 is 18.4. The molecule has 0 atom stereocenters. The molecule has 0 aliphatic heterocycles. The maximum absolute atomic E-state index is 12.9. The van der Waals surface area contributed by atoms with Crippen LogP contribution in [0, 0.1) is 5.82 Å². The lowest BCUT2D eigenvalue weighted by atomic mass is 10.2. The molecule has 2 rings (SSSR count). The SMILES string of the molecule is NC(=S)c1ccncc1Oc1ccc(F)cc1Cl. The Labute approximate surface area is 113 Å². The number of ether oxygens (including phenoxy) is 1. The molecule has 0 saturated carbocycles. The van der Waals surface area contributed by atoms with Gasteiger partial charge in [0.25, 0.3) is 0 Å². The highest BCUT2D eigenvalue weighted by atomic mass is 35.5. The Morgan fingerprint density at radius 1 is 1.33 bits per heavy atom. The molecule has 0 aliphatic rings. The van der Waals surface area contributed by atoms with Gasteiger partial charge in [-0.05, 0) is 24.3 Å². The van der Waals surface area contributed by atoms with E-state index in [1.54, 1.807) is 12.3 Å². The van der Waals surface area contributed by atoms with Crippen LogP contribution in [0.5, 0.6) is 11.5 Å². The highest BCUT2D eigenvalue weighted by Crippen LogP contribution is 2.31. The van der Waals surface area contributed by atoms with Crippen molar-refractivity contribution in [3.05, 3.63) is 53.1 Å². The monoisotopic (exact) mass is 282 g/mol. The van der Waals surface area contributed by atoms with Gasteiger partial charge in [-0.1, -0.05) is 23.8 Å². The first-order valence-corrected chi connectivity index (χ1v) is 5.73. The van der Waals surface area contributed by atoms with Crippen molar-refractivity contribution in [3.63, 3.8) is 0 Å². The van der Waals surface area contributed by atoms with Crippen molar-refractivity contribution in [3.8, 4) is 11.5 Å². The number of halogens is 2. The summed E-state index contributed by atoms with van der Waals surface area (Å²) in [6.45, 7) is 0. The van der Waals surface area contributed by atoms with Gasteiger partial charge in [0, 0.05) is 6.20 Å². The average Bonchev–Trinajstić information content (AvgIpc) is 2.33. The lowest BCUT2D eigenvalue weighted by Crippen LogP contribution is -2.10. The molecule has 0 radical (unpaired) electrons. The third-order valence-electron chi connectivity index (χ3n) is 2.16. The minimum absolute atomic E-state index is 0.160. The van der Waals surface area contributed by atoms with Crippen LogP contribution in [0.1, 0.15) is 5.56 Å². The van der Waals surface area contributed by atoms with Gasteiger partial charge in [0.1, 0.15) is 16.6 Å². The van der Waals surface area contributed by atoms with Crippen molar-refractivity contribution in [2.45, 2.75) is 0 Å². The summed E-state index contributed by atoms with van der Waals surface area (Å²) in [6, 6.07) is 5.47. The van der Waals surface area contributed by atoms with Crippen molar-refractivity contribution in [2.24, 2.45) is 5.73 Å². The average molecular weight is 283 g/mol. The topological polar surface area (TPSA) is 48.1 Å². The van der Waals surface area contributed by atoms with Gasteiger partial charge >= 0.3 is 0 Å². The van der Waals surface area contributed by atoms with Gasteiger partial charge in [-0.25, -0.2) is 4.39 Å². The molecule has 92 valence electrons. The van der Waals surface area contributed by atoms with Gasteiger partial charge in [-0.2, -0.15) is 0 Å². The van der Waals surface area contributed by atoms with Crippen LogP contribution in [0.3, 0.4) is 0 Å². The second kappa shape index (κ2) is 5.29. The standard InChI is InChI=1S/C12H8ClFN2OS/c13-9-5-7(14)1-2-10(9)17-11-6-16-4-3-8(11)12(15)18/h1-6H,(H2,15,18). The van der Waals surface area contributed by atoms with E-state index < -0.39 is 5.82 Å². The lowest BCUT2D eigenvalue weighted by molar-refractivity contribution is 0.477. The number of hydrogen-bond acceptors (Lipinski definition) is 3. The number of benzene rings is 1. The fourth-order valence-corrected chi connectivity index (χ4v) is 1.72. The predicted octanol–water partition coefficient (Wildman–Crippen LogP) is 3.30. The number of aromatic nitrogens is 1. The number of hydrogen-bond donors (Lipinski definition) is 1. The van der Waals surface area contributed by atoms with Crippen LogP contribution < -0.4 is 10.5 Å². The van der Waals surface area contributed by atoms with Gasteiger partial charge in [0.2, 0.25) is 0 Å². The Bertz CT molecular complexity index is 606. The molecule has 1 heterocycles. The molecule has 0 fully saturated rings. The summed E-state index contributed by atoms with van der Waals surface area (Å²) in [4.78, 5) is 4.10. The smallest absolute Gasteiger partial charge is 0.155 e. The zero-order valence-electron chi connectivity index (χ0n) is 9.06. The first kappa shape index (κ1) is 12.7. The first-order valence-electron chi connectivity index (χ1n) is 4.94. The molecule has 6 heteroatoms. The predicted molar refractivity (Wildman–Crippen MR) is 71.6 cm³/mol. The molecule has 0 amide bonds. The number of pyridine rings is 1. The normalized spacial score (nSPS) is 10.1. The first-order chi connectivity index (χ1) is 8.58. The van der Waals surface area contributed by atoms with Crippen LogP contribution in [0.2, 0.25) is 5.02 Å². The number of rotatable bonds is 3. The molecule has 18 heavy (non-hydrogen) atoms. The highest BCUT2D eigenvalue weighted by Gasteiger charge is 2.10. The van der Waals surface area contributed by atoms with Crippen molar-refractivity contribution in [1.29, 1.82) is 0 Å². The summed E-state index contributed by atoms with van der Waals surface area (Å²) in [7, 11) is 0. The molecule has 0 saturated heterocycles. The van der Waals surface area contributed by atoms with E-state index in [-0.39, 0.29) is 10.0 Å². The molecule has 1 aromatic heterocycles. The maximum Gasteiger partial charge on any atom is 0.155 e. The Balaban J connectivity index is 2.37. The van der Waals surface area contributed by atoms with Crippen molar-refractivity contribution in [1.82, 2.24) is 4.98 Å². The lowest BCUT2D eigenvalue weighted by Gasteiger charge is -2.10. The van der Waals surface area contributed by atoms with Crippen LogP contribution in [-0.2, 0) is 0 Å². The van der Waals surface area contributed by atoms with Crippen molar-refractivity contribution < 1.29 is 9.13 Å². The zero-order valence-corrected chi connectivity index (χ0v) is 10.6. The van der Waals surface area contributed by atoms with E-state index in [0.29, 0.717) is 17.1 Å². The van der Waals surface area contributed by atoms with Gasteiger partial charge in [0.15, 0.2) is 5.75 Å². The van der Waals surface area contributed by atoms with Crippen LogP contribution >= 0.6 is 23.8 Å². The fourth-order valence-electron chi connectivity index (χ4n) is 1.34. The number of thiocarbonyl (C=S) groups is 1. The quantitative estimate of drug-likeness (QED) is 0.878. The van der Waals surface area contributed by atoms with Crippen LogP contribution in [0.4, 0.5) is 4.39 Å².